The van der Waals surface area contributed by atoms with Gasteiger partial charge in [0.1, 0.15) is 13.2 Å². The van der Waals surface area contributed by atoms with Gasteiger partial charge in [-0.1, -0.05) is 19.9 Å². The molecule has 2 N–H and O–H groups in total. The van der Waals surface area contributed by atoms with Gasteiger partial charge in [0, 0.05) is 26.2 Å². The molecule has 2 rings (SSSR count). The zero-order valence-corrected chi connectivity index (χ0v) is 11.9. The molecule has 0 amide bonds. The standard InChI is InChI=1S/C15H24N2O2/c1-12(2)10-17(6-5-16)11-13-3-4-14-15(9-13)19-8-7-18-14/h3-4,9,12H,5-8,10-11,16H2,1-2H3. The van der Waals surface area contributed by atoms with Gasteiger partial charge < -0.3 is 15.2 Å². The molecule has 1 aromatic carbocycles. The van der Waals surface area contributed by atoms with Gasteiger partial charge in [0.2, 0.25) is 0 Å². The molecular weight excluding hydrogens is 240 g/mol. The van der Waals surface area contributed by atoms with Gasteiger partial charge in [0.05, 0.1) is 0 Å². The summed E-state index contributed by atoms with van der Waals surface area (Å²) in [4.78, 5) is 2.38. The first-order valence-corrected chi connectivity index (χ1v) is 7.00. The van der Waals surface area contributed by atoms with Gasteiger partial charge in [-0.25, -0.2) is 0 Å². The Morgan fingerprint density at radius 1 is 1.21 bits per heavy atom. The highest BCUT2D eigenvalue weighted by Gasteiger charge is 2.13. The maximum absolute atomic E-state index is 5.68. The molecule has 0 bridgehead atoms. The molecule has 0 radical (unpaired) electrons. The Kier molecular flexibility index (Phi) is 5.05. The van der Waals surface area contributed by atoms with E-state index in [4.69, 9.17) is 15.2 Å². The molecule has 4 heteroatoms. The van der Waals surface area contributed by atoms with Crippen LogP contribution >= 0.6 is 0 Å². The third kappa shape index (κ3) is 4.11. The van der Waals surface area contributed by atoms with Crippen LogP contribution in [0.25, 0.3) is 0 Å². The van der Waals surface area contributed by atoms with Crippen molar-refractivity contribution >= 4 is 0 Å². The van der Waals surface area contributed by atoms with Gasteiger partial charge in [0.15, 0.2) is 11.5 Å². The molecule has 1 heterocycles. The Labute approximate surface area is 115 Å². The van der Waals surface area contributed by atoms with Crippen LogP contribution in [0.2, 0.25) is 0 Å². The maximum atomic E-state index is 5.68. The van der Waals surface area contributed by atoms with Gasteiger partial charge in [-0.3, -0.25) is 4.90 Å². The fraction of sp³-hybridized carbons (Fsp3) is 0.600. The second-order valence-electron chi connectivity index (χ2n) is 5.40. The number of ether oxygens (including phenoxy) is 2. The largest absolute Gasteiger partial charge is 0.486 e. The topological polar surface area (TPSA) is 47.7 Å². The van der Waals surface area contributed by atoms with E-state index in [2.05, 4.69) is 30.9 Å². The second kappa shape index (κ2) is 6.78. The van der Waals surface area contributed by atoms with Crippen molar-refractivity contribution in [3.05, 3.63) is 23.8 Å². The van der Waals surface area contributed by atoms with Crippen molar-refractivity contribution in [3.63, 3.8) is 0 Å². The number of hydrogen-bond donors (Lipinski definition) is 1. The third-order valence-corrected chi connectivity index (χ3v) is 3.08. The number of rotatable bonds is 6. The van der Waals surface area contributed by atoms with Crippen LogP contribution in [0.1, 0.15) is 19.4 Å². The van der Waals surface area contributed by atoms with Crippen molar-refractivity contribution in [2.24, 2.45) is 11.7 Å². The lowest BCUT2D eigenvalue weighted by atomic mass is 10.1. The van der Waals surface area contributed by atoms with Crippen LogP contribution in [0.3, 0.4) is 0 Å². The predicted molar refractivity (Wildman–Crippen MR) is 76.6 cm³/mol. The minimum absolute atomic E-state index is 0.634. The van der Waals surface area contributed by atoms with Crippen molar-refractivity contribution < 1.29 is 9.47 Å². The summed E-state index contributed by atoms with van der Waals surface area (Å²) in [5.74, 6) is 2.36. The number of fused-ring (bicyclic) bond motifs is 1. The molecule has 4 nitrogen and oxygen atoms in total. The SMILES string of the molecule is CC(C)CN(CCN)Cc1ccc2c(c1)OCCO2. The van der Waals surface area contributed by atoms with E-state index in [0.717, 1.165) is 31.1 Å². The normalized spacial score (nSPS) is 14.2. The Hall–Kier alpha value is -1.26. The Balaban J connectivity index is 2.03. The molecule has 1 aromatic rings. The molecule has 0 atom stereocenters. The fourth-order valence-corrected chi connectivity index (χ4v) is 2.38. The van der Waals surface area contributed by atoms with Gasteiger partial charge >= 0.3 is 0 Å². The molecule has 1 aliphatic heterocycles. The molecule has 1 aliphatic rings. The highest BCUT2D eigenvalue weighted by Crippen LogP contribution is 2.31. The van der Waals surface area contributed by atoms with E-state index in [-0.39, 0.29) is 0 Å². The second-order valence-corrected chi connectivity index (χ2v) is 5.40. The first-order valence-electron chi connectivity index (χ1n) is 7.00. The molecular formula is C15H24N2O2. The zero-order valence-electron chi connectivity index (χ0n) is 11.9. The van der Waals surface area contributed by atoms with E-state index in [1.54, 1.807) is 0 Å². The summed E-state index contributed by atoms with van der Waals surface area (Å²) in [5, 5.41) is 0. The highest BCUT2D eigenvalue weighted by atomic mass is 16.6. The van der Waals surface area contributed by atoms with Crippen LogP contribution in [-0.2, 0) is 6.54 Å². The Morgan fingerprint density at radius 2 is 1.95 bits per heavy atom. The molecule has 19 heavy (non-hydrogen) atoms. The van der Waals surface area contributed by atoms with Gasteiger partial charge in [-0.15, -0.1) is 0 Å². The summed E-state index contributed by atoms with van der Waals surface area (Å²) in [6.45, 7) is 9.32. The molecule has 0 unspecified atom stereocenters. The van der Waals surface area contributed by atoms with E-state index in [1.807, 2.05) is 6.07 Å². The summed E-state index contributed by atoms with van der Waals surface area (Å²) >= 11 is 0. The summed E-state index contributed by atoms with van der Waals surface area (Å²) in [6, 6.07) is 6.19. The Bertz CT molecular complexity index is 407. The summed E-state index contributed by atoms with van der Waals surface area (Å²) < 4.78 is 11.2. The van der Waals surface area contributed by atoms with Crippen LogP contribution in [0.5, 0.6) is 11.5 Å². The quantitative estimate of drug-likeness (QED) is 0.852. The maximum Gasteiger partial charge on any atom is 0.161 e. The minimum Gasteiger partial charge on any atom is -0.486 e. The van der Waals surface area contributed by atoms with E-state index in [9.17, 15) is 0 Å². The summed E-state index contributed by atoms with van der Waals surface area (Å²) in [7, 11) is 0. The van der Waals surface area contributed by atoms with Gasteiger partial charge in [-0.2, -0.15) is 0 Å². The lowest BCUT2D eigenvalue weighted by Gasteiger charge is -2.25. The highest BCUT2D eigenvalue weighted by molar-refractivity contribution is 5.43. The van der Waals surface area contributed by atoms with E-state index >= 15 is 0 Å². The summed E-state index contributed by atoms with van der Waals surface area (Å²) in [5.41, 5.74) is 6.93. The van der Waals surface area contributed by atoms with Crippen LogP contribution in [-0.4, -0.2) is 37.7 Å². The Morgan fingerprint density at radius 3 is 2.63 bits per heavy atom. The molecule has 0 saturated heterocycles. The molecule has 0 spiro atoms. The minimum atomic E-state index is 0.634. The fourth-order valence-electron chi connectivity index (χ4n) is 2.38. The van der Waals surface area contributed by atoms with E-state index in [1.165, 1.54) is 5.56 Å². The van der Waals surface area contributed by atoms with Crippen LogP contribution in [0.15, 0.2) is 18.2 Å². The van der Waals surface area contributed by atoms with Gasteiger partial charge in [0.25, 0.3) is 0 Å². The smallest absolute Gasteiger partial charge is 0.161 e. The van der Waals surface area contributed by atoms with Crippen molar-refractivity contribution in [2.75, 3.05) is 32.8 Å². The molecule has 106 valence electrons. The monoisotopic (exact) mass is 264 g/mol. The van der Waals surface area contributed by atoms with E-state index < -0.39 is 0 Å². The molecule has 0 fully saturated rings. The van der Waals surface area contributed by atoms with Crippen LogP contribution in [0.4, 0.5) is 0 Å². The molecule has 0 saturated carbocycles. The number of benzene rings is 1. The lowest BCUT2D eigenvalue weighted by molar-refractivity contribution is 0.171. The molecule has 0 aromatic heterocycles. The van der Waals surface area contributed by atoms with Crippen LogP contribution in [0, 0.1) is 5.92 Å². The van der Waals surface area contributed by atoms with Crippen molar-refractivity contribution in [1.82, 2.24) is 4.90 Å². The first-order chi connectivity index (χ1) is 9.19. The average molecular weight is 264 g/mol. The predicted octanol–water partition coefficient (Wildman–Crippen LogP) is 1.87. The van der Waals surface area contributed by atoms with E-state index in [0.29, 0.717) is 25.7 Å². The average Bonchev–Trinajstić information content (AvgIpc) is 2.38. The molecule has 0 aliphatic carbocycles. The number of hydrogen-bond acceptors (Lipinski definition) is 4. The zero-order chi connectivity index (χ0) is 13.7. The first kappa shape index (κ1) is 14.2. The van der Waals surface area contributed by atoms with Crippen molar-refractivity contribution in [2.45, 2.75) is 20.4 Å². The lowest BCUT2D eigenvalue weighted by Crippen LogP contribution is -2.32. The van der Waals surface area contributed by atoms with Gasteiger partial charge in [-0.05, 0) is 23.6 Å². The number of nitrogens with zero attached hydrogens (tertiary/aromatic N) is 1. The van der Waals surface area contributed by atoms with Crippen molar-refractivity contribution in [3.8, 4) is 11.5 Å². The number of nitrogens with two attached hydrogens (primary N) is 1. The van der Waals surface area contributed by atoms with Crippen molar-refractivity contribution in [1.29, 1.82) is 0 Å². The third-order valence-electron chi connectivity index (χ3n) is 3.08. The summed E-state index contributed by atoms with van der Waals surface area (Å²) in [6.07, 6.45) is 0. The van der Waals surface area contributed by atoms with Crippen LogP contribution < -0.4 is 15.2 Å².